The van der Waals surface area contributed by atoms with E-state index in [1.807, 2.05) is 31.3 Å². The highest BCUT2D eigenvalue weighted by Gasteiger charge is 2.09. The molecule has 0 spiro atoms. The first kappa shape index (κ1) is 19.3. The molecule has 0 saturated heterocycles. The topological polar surface area (TPSA) is 84.7 Å². The molecule has 0 fully saturated rings. The first-order valence-corrected chi connectivity index (χ1v) is 9.28. The highest BCUT2D eigenvalue weighted by Crippen LogP contribution is 2.20. The number of nitrogens with zero attached hydrogens (tertiary/aromatic N) is 4. The van der Waals surface area contributed by atoms with Gasteiger partial charge < -0.3 is 10.6 Å². The summed E-state index contributed by atoms with van der Waals surface area (Å²) in [6.45, 7) is 3.46. The highest BCUT2D eigenvalue weighted by molar-refractivity contribution is 6.04. The monoisotopic (exact) mass is 402 g/mol. The van der Waals surface area contributed by atoms with Crippen LogP contribution in [0.3, 0.4) is 0 Å². The van der Waals surface area contributed by atoms with Crippen molar-refractivity contribution in [1.82, 2.24) is 19.7 Å². The van der Waals surface area contributed by atoms with Crippen LogP contribution in [-0.2, 0) is 0 Å². The summed E-state index contributed by atoms with van der Waals surface area (Å²) in [5.41, 5.74) is 2.15. The average Bonchev–Trinajstić information content (AvgIpc) is 3.26. The van der Waals surface area contributed by atoms with Crippen molar-refractivity contribution in [2.45, 2.75) is 13.8 Å². The van der Waals surface area contributed by atoms with E-state index in [1.165, 1.54) is 6.07 Å². The van der Waals surface area contributed by atoms with Gasteiger partial charge in [0.05, 0.1) is 0 Å². The number of aryl methyl sites for hydroxylation is 2. The number of aromatic nitrogens is 4. The third-order valence-electron chi connectivity index (χ3n) is 4.41. The minimum atomic E-state index is -0.406. The second-order valence-electron chi connectivity index (χ2n) is 6.73. The SMILES string of the molecule is Cc1nc(Nc2ccc(NC(=O)c3ccc(C)c(F)c3)cc2)cc(-n2cccn2)n1. The zero-order valence-corrected chi connectivity index (χ0v) is 16.4. The smallest absolute Gasteiger partial charge is 0.255 e. The van der Waals surface area contributed by atoms with Crippen LogP contribution in [0.1, 0.15) is 21.7 Å². The van der Waals surface area contributed by atoms with Crippen molar-refractivity contribution in [1.29, 1.82) is 0 Å². The van der Waals surface area contributed by atoms with Crippen molar-refractivity contribution in [2.24, 2.45) is 0 Å². The van der Waals surface area contributed by atoms with E-state index in [4.69, 9.17) is 0 Å². The molecule has 2 heterocycles. The molecule has 8 heteroatoms. The van der Waals surface area contributed by atoms with Gasteiger partial charge in [0.15, 0.2) is 5.82 Å². The Kier molecular flexibility index (Phi) is 5.21. The van der Waals surface area contributed by atoms with Crippen LogP contribution in [0, 0.1) is 19.7 Å². The molecular weight excluding hydrogens is 383 g/mol. The molecule has 2 N–H and O–H groups in total. The Morgan fingerprint density at radius 2 is 1.77 bits per heavy atom. The molecule has 2 aromatic heterocycles. The van der Waals surface area contributed by atoms with E-state index in [0.29, 0.717) is 28.7 Å². The Morgan fingerprint density at radius 1 is 1.00 bits per heavy atom. The number of rotatable bonds is 5. The summed E-state index contributed by atoms with van der Waals surface area (Å²) in [7, 11) is 0. The molecule has 4 rings (SSSR count). The van der Waals surface area contributed by atoms with Crippen molar-refractivity contribution < 1.29 is 9.18 Å². The van der Waals surface area contributed by atoms with Gasteiger partial charge in [-0.3, -0.25) is 4.79 Å². The van der Waals surface area contributed by atoms with Crippen LogP contribution in [0.5, 0.6) is 0 Å². The standard InChI is InChI=1S/C22H19FN6O/c1-14-4-5-16(12-19(14)23)22(30)28-18-8-6-17(7-9-18)27-20-13-21(26-15(2)25-20)29-11-3-10-24-29/h3-13H,1-2H3,(H,28,30)(H,25,26,27). The van der Waals surface area contributed by atoms with Crippen LogP contribution >= 0.6 is 0 Å². The largest absolute Gasteiger partial charge is 0.340 e. The zero-order chi connectivity index (χ0) is 21.1. The van der Waals surface area contributed by atoms with Gasteiger partial charge in [0.1, 0.15) is 17.5 Å². The van der Waals surface area contributed by atoms with Crippen LogP contribution in [0.25, 0.3) is 5.82 Å². The molecule has 30 heavy (non-hydrogen) atoms. The molecule has 0 aliphatic carbocycles. The molecule has 0 saturated carbocycles. The molecule has 1 amide bonds. The molecule has 0 aliphatic rings. The predicted molar refractivity (Wildman–Crippen MR) is 113 cm³/mol. The summed E-state index contributed by atoms with van der Waals surface area (Å²) in [6.07, 6.45) is 3.49. The number of hydrogen-bond acceptors (Lipinski definition) is 5. The number of amides is 1. The molecule has 4 aromatic rings. The second kappa shape index (κ2) is 8.12. The van der Waals surface area contributed by atoms with Gasteiger partial charge in [0, 0.05) is 35.4 Å². The van der Waals surface area contributed by atoms with Gasteiger partial charge in [-0.25, -0.2) is 19.0 Å². The molecule has 0 bridgehead atoms. The van der Waals surface area contributed by atoms with Crippen molar-refractivity contribution in [2.75, 3.05) is 10.6 Å². The van der Waals surface area contributed by atoms with E-state index < -0.39 is 5.82 Å². The maximum atomic E-state index is 13.7. The first-order valence-electron chi connectivity index (χ1n) is 9.28. The first-order chi connectivity index (χ1) is 14.5. The molecule has 150 valence electrons. The summed E-state index contributed by atoms with van der Waals surface area (Å²) in [6, 6.07) is 15.2. The molecule has 2 aromatic carbocycles. The van der Waals surface area contributed by atoms with Crippen molar-refractivity contribution in [3.63, 3.8) is 0 Å². The van der Waals surface area contributed by atoms with Crippen LogP contribution in [0.4, 0.5) is 21.6 Å². The van der Waals surface area contributed by atoms with Crippen molar-refractivity contribution in [3.8, 4) is 5.82 Å². The maximum Gasteiger partial charge on any atom is 0.255 e. The van der Waals surface area contributed by atoms with E-state index in [2.05, 4.69) is 25.7 Å². The fraction of sp³-hybridized carbons (Fsp3) is 0.0909. The minimum Gasteiger partial charge on any atom is -0.340 e. The van der Waals surface area contributed by atoms with Crippen LogP contribution in [0.15, 0.2) is 67.0 Å². The summed E-state index contributed by atoms with van der Waals surface area (Å²) in [4.78, 5) is 21.1. The van der Waals surface area contributed by atoms with Gasteiger partial charge in [-0.15, -0.1) is 0 Å². The van der Waals surface area contributed by atoms with Crippen LogP contribution < -0.4 is 10.6 Å². The summed E-state index contributed by atoms with van der Waals surface area (Å²) in [5, 5.41) is 10.2. The van der Waals surface area contributed by atoms with E-state index in [-0.39, 0.29) is 11.5 Å². The van der Waals surface area contributed by atoms with Gasteiger partial charge >= 0.3 is 0 Å². The lowest BCUT2D eigenvalue weighted by atomic mass is 10.1. The Bertz CT molecular complexity index is 1190. The number of hydrogen-bond donors (Lipinski definition) is 2. The molecule has 0 aliphatic heterocycles. The lowest BCUT2D eigenvalue weighted by molar-refractivity contribution is 0.102. The molecule has 0 radical (unpaired) electrons. The summed E-state index contributed by atoms with van der Waals surface area (Å²) < 4.78 is 15.3. The van der Waals surface area contributed by atoms with Gasteiger partial charge in [0.25, 0.3) is 5.91 Å². The summed E-state index contributed by atoms with van der Waals surface area (Å²) >= 11 is 0. The average molecular weight is 402 g/mol. The lowest BCUT2D eigenvalue weighted by Gasteiger charge is -2.10. The Labute approximate surface area is 172 Å². The fourth-order valence-electron chi connectivity index (χ4n) is 2.86. The Balaban J connectivity index is 1.46. The minimum absolute atomic E-state index is 0.267. The maximum absolute atomic E-state index is 13.7. The van der Waals surface area contributed by atoms with Gasteiger partial charge in [-0.05, 0) is 61.9 Å². The van der Waals surface area contributed by atoms with E-state index in [1.54, 1.807) is 48.1 Å². The number of carbonyl (C=O) groups is 1. The highest BCUT2D eigenvalue weighted by atomic mass is 19.1. The second-order valence-corrected chi connectivity index (χ2v) is 6.73. The van der Waals surface area contributed by atoms with E-state index >= 15 is 0 Å². The van der Waals surface area contributed by atoms with Gasteiger partial charge in [-0.1, -0.05) is 6.07 Å². The third-order valence-corrected chi connectivity index (χ3v) is 4.41. The number of carbonyl (C=O) groups excluding carboxylic acids is 1. The predicted octanol–water partition coefficient (Wildman–Crippen LogP) is 4.41. The van der Waals surface area contributed by atoms with Gasteiger partial charge in [0.2, 0.25) is 0 Å². The number of nitrogens with one attached hydrogen (secondary N) is 2. The van der Waals surface area contributed by atoms with Crippen molar-refractivity contribution in [3.05, 3.63) is 89.8 Å². The molecule has 0 unspecified atom stereocenters. The number of halogens is 1. The molecule has 7 nitrogen and oxygen atoms in total. The quantitative estimate of drug-likeness (QED) is 0.516. The van der Waals surface area contributed by atoms with Gasteiger partial charge in [-0.2, -0.15) is 5.10 Å². The van der Waals surface area contributed by atoms with Crippen LogP contribution in [0.2, 0.25) is 0 Å². The number of benzene rings is 2. The Morgan fingerprint density at radius 3 is 2.47 bits per heavy atom. The molecular formula is C22H19FN6O. The molecule has 0 atom stereocenters. The lowest BCUT2D eigenvalue weighted by Crippen LogP contribution is -2.12. The van der Waals surface area contributed by atoms with E-state index in [9.17, 15) is 9.18 Å². The third kappa shape index (κ3) is 4.33. The Hall–Kier alpha value is -4.07. The zero-order valence-electron chi connectivity index (χ0n) is 16.4. The normalized spacial score (nSPS) is 10.6. The van der Waals surface area contributed by atoms with E-state index in [0.717, 1.165) is 5.69 Å². The number of anilines is 3. The summed E-state index contributed by atoms with van der Waals surface area (Å²) in [5.74, 6) is 1.12. The van der Waals surface area contributed by atoms with Crippen LogP contribution in [-0.4, -0.2) is 25.7 Å². The van der Waals surface area contributed by atoms with Crippen molar-refractivity contribution >= 4 is 23.1 Å². The fourth-order valence-corrected chi connectivity index (χ4v) is 2.86.